The lowest BCUT2D eigenvalue weighted by Crippen LogP contribution is -2.26. The van der Waals surface area contributed by atoms with E-state index < -0.39 is 10.0 Å². The van der Waals surface area contributed by atoms with Crippen molar-refractivity contribution < 1.29 is 8.42 Å². The third-order valence-electron chi connectivity index (χ3n) is 2.49. The summed E-state index contributed by atoms with van der Waals surface area (Å²) in [5, 5.41) is 2.11. The monoisotopic (exact) mass is 335 g/mol. The average Bonchev–Trinajstić information content (AvgIpc) is 2.80. The molecule has 0 unspecified atom stereocenters. The second-order valence-electron chi connectivity index (χ2n) is 3.91. The van der Waals surface area contributed by atoms with Crippen molar-refractivity contribution in [2.45, 2.75) is 17.9 Å². The van der Waals surface area contributed by atoms with Crippen LogP contribution in [0.4, 0.5) is 0 Å². The first kappa shape index (κ1) is 14.8. The average molecular weight is 336 g/mol. The topological polar surface area (TPSA) is 46.2 Å². The predicted octanol–water partition coefficient (Wildman–Crippen LogP) is 4.09. The van der Waals surface area contributed by atoms with Crippen LogP contribution in [0.25, 0.3) is 0 Å². The summed E-state index contributed by atoms with van der Waals surface area (Å²) in [5.74, 6) is 0. The van der Waals surface area contributed by atoms with Gasteiger partial charge in [0.2, 0.25) is 10.0 Å². The lowest BCUT2D eigenvalue weighted by atomic mass is 10.3. The molecule has 2 aromatic rings. The minimum Gasteiger partial charge on any atom is -0.207 e. The number of hydrogen-bond acceptors (Lipinski definition) is 3. The Labute approximate surface area is 126 Å². The smallest absolute Gasteiger partial charge is 0.207 e. The van der Waals surface area contributed by atoms with Gasteiger partial charge in [-0.25, -0.2) is 13.1 Å². The van der Waals surface area contributed by atoms with Crippen LogP contribution in [-0.4, -0.2) is 8.42 Å². The maximum atomic E-state index is 12.3. The quantitative estimate of drug-likeness (QED) is 0.914. The minimum absolute atomic E-state index is 0.0817. The third kappa shape index (κ3) is 3.30. The van der Waals surface area contributed by atoms with E-state index in [9.17, 15) is 8.42 Å². The van der Waals surface area contributed by atoms with Gasteiger partial charge in [-0.15, -0.1) is 11.3 Å². The highest BCUT2D eigenvalue weighted by Crippen LogP contribution is 2.30. The lowest BCUT2D eigenvalue weighted by Gasteiger charge is -2.14. The van der Waals surface area contributed by atoms with E-state index in [1.54, 1.807) is 13.0 Å². The molecule has 0 bridgehead atoms. The van der Waals surface area contributed by atoms with E-state index in [2.05, 4.69) is 4.72 Å². The second kappa shape index (κ2) is 5.81. The van der Waals surface area contributed by atoms with Crippen molar-refractivity contribution in [3.8, 4) is 0 Å². The number of halogens is 2. The molecule has 0 amide bonds. The first-order chi connectivity index (χ1) is 8.92. The molecule has 0 aliphatic heterocycles. The Morgan fingerprint density at radius 1 is 1.16 bits per heavy atom. The van der Waals surface area contributed by atoms with Gasteiger partial charge in [-0.05, 0) is 30.5 Å². The van der Waals surface area contributed by atoms with Gasteiger partial charge < -0.3 is 0 Å². The van der Waals surface area contributed by atoms with Crippen molar-refractivity contribution in [2.75, 3.05) is 0 Å². The molecule has 1 N–H and O–H groups in total. The Bertz CT molecular complexity index is 649. The van der Waals surface area contributed by atoms with Crippen LogP contribution in [0, 0.1) is 0 Å². The molecule has 0 aliphatic carbocycles. The fraction of sp³-hybridized carbons (Fsp3) is 0.167. The zero-order valence-corrected chi connectivity index (χ0v) is 13.1. The molecule has 19 heavy (non-hydrogen) atoms. The molecule has 0 spiro atoms. The van der Waals surface area contributed by atoms with Crippen LogP contribution in [0.1, 0.15) is 17.8 Å². The van der Waals surface area contributed by atoms with Gasteiger partial charge in [0, 0.05) is 4.88 Å². The number of nitrogens with one attached hydrogen (secondary N) is 1. The number of sulfonamides is 1. The zero-order chi connectivity index (χ0) is 14.0. The Balaban J connectivity index is 2.33. The number of hydrogen-bond donors (Lipinski definition) is 1. The number of rotatable bonds is 4. The van der Waals surface area contributed by atoms with E-state index in [0.717, 1.165) is 4.88 Å². The van der Waals surface area contributed by atoms with Gasteiger partial charge in [-0.3, -0.25) is 0 Å². The van der Waals surface area contributed by atoms with Gasteiger partial charge in [-0.2, -0.15) is 0 Å². The standard InChI is InChI=1S/C12H11Cl2NO2S2/c1-8(11-6-3-7-18-11)15-19(16,17)12-9(13)4-2-5-10(12)14/h2-8,15H,1H3/t8-/m0/s1. The molecule has 102 valence electrons. The Hall–Kier alpha value is -0.590. The molecule has 1 aromatic heterocycles. The Morgan fingerprint density at radius 2 is 1.79 bits per heavy atom. The fourth-order valence-corrected chi connectivity index (χ4v) is 4.80. The van der Waals surface area contributed by atoms with Crippen molar-refractivity contribution >= 4 is 44.6 Å². The summed E-state index contributed by atoms with van der Waals surface area (Å²) in [6, 6.07) is 8.00. The van der Waals surface area contributed by atoms with Crippen LogP contribution in [0.2, 0.25) is 10.0 Å². The summed E-state index contributed by atoms with van der Waals surface area (Å²) in [7, 11) is -3.75. The third-order valence-corrected chi connectivity index (χ3v) is 6.04. The Kier molecular flexibility index (Phi) is 4.53. The van der Waals surface area contributed by atoms with Crippen LogP contribution in [-0.2, 0) is 10.0 Å². The maximum Gasteiger partial charge on any atom is 0.244 e. The molecule has 7 heteroatoms. The SMILES string of the molecule is C[C@H](NS(=O)(=O)c1c(Cl)cccc1Cl)c1cccs1. The second-order valence-corrected chi connectivity index (χ2v) is 7.35. The largest absolute Gasteiger partial charge is 0.244 e. The van der Waals surface area contributed by atoms with Gasteiger partial charge in [0.15, 0.2) is 0 Å². The van der Waals surface area contributed by atoms with Crippen molar-refractivity contribution in [3.05, 3.63) is 50.6 Å². The van der Waals surface area contributed by atoms with Gasteiger partial charge in [0.05, 0.1) is 16.1 Å². The first-order valence-corrected chi connectivity index (χ1v) is 8.53. The van der Waals surface area contributed by atoms with E-state index in [-0.39, 0.29) is 21.0 Å². The van der Waals surface area contributed by atoms with Gasteiger partial charge >= 0.3 is 0 Å². The van der Waals surface area contributed by atoms with Crippen molar-refractivity contribution in [1.82, 2.24) is 4.72 Å². The molecule has 0 fully saturated rings. The molecule has 3 nitrogen and oxygen atoms in total. The number of thiophene rings is 1. The molecule has 1 heterocycles. The van der Waals surface area contributed by atoms with Crippen LogP contribution in [0.5, 0.6) is 0 Å². The number of benzene rings is 1. The molecular formula is C12H11Cl2NO2S2. The van der Waals surface area contributed by atoms with Crippen LogP contribution in [0.3, 0.4) is 0 Å². The summed E-state index contributed by atoms with van der Waals surface area (Å²) < 4.78 is 27.2. The molecule has 1 atom stereocenters. The maximum absolute atomic E-state index is 12.3. The molecule has 1 aromatic carbocycles. The predicted molar refractivity (Wildman–Crippen MR) is 79.5 cm³/mol. The minimum atomic E-state index is -3.75. The summed E-state index contributed by atoms with van der Waals surface area (Å²) >= 11 is 13.3. The molecule has 2 rings (SSSR count). The summed E-state index contributed by atoms with van der Waals surface area (Å²) in [6.45, 7) is 1.77. The van der Waals surface area contributed by atoms with Crippen LogP contribution < -0.4 is 4.72 Å². The first-order valence-electron chi connectivity index (χ1n) is 5.41. The highest BCUT2D eigenvalue weighted by Gasteiger charge is 2.24. The molecule has 0 radical (unpaired) electrons. The van der Waals surface area contributed by atoms with Crippen LogP contribution in [0.15, 0.2) is 40.6 Å². The van der Waals surface area contributed by atoms with E-state index in [1.807, 2.05) is 17.5 Å². The summed E-state index contributed by atoms with van der Waals surface area (Å²) in [5.41, 5.74) is 0. The van der Waals surface area contributed by atoms with Crippen LogP contribution >= 0.6 is 34.5 Å². The zero-order valence-electron chi connectivity index (χ0n) is 9.93. The van der Waals surface area contributed by atoms with Gasteiger partial charge in [0.1, 0.15) is 4.90 Å². The van der Waals surface area contributed by atoms with Gasteiger partial charge in [-0.1, -0.05) is 35.3 Å². The molecule has 0 saturated carbocycles. The van der Waals surface area contributed by atoms with Crippen molar-refractivity contribution in [1.29, 1.82) is 0 Å². The van der Waals surface area contributed by atoms with Crippen molar-refractivity contribution in [3.63, 3.8) is 0 Å². The fourth-order valence-electron chi connectivity index (χ4n) is 1.63. The van der Waals surface area contributed by atoms with Gasteiger partial charge in [0.25, 0.3) is 0 Å². The lowest BCUT2D eigenvalue weighted by molar-refractivity contribution is 0.568. The van der Waals surface area contributed by atoms with E-state index in [1.165, 1.54) is 23.5 Å². The normalized spacial score (nSPS) is 13.4. The van der Waals surface area contributed by atoms with E-state index in [4.69, 9.17) is 23.2 Å². The molecule has 0 saturated heterocycles. The van der Waals surface area contributed by atoms with E-state index >= 15 is 0 Å². The highest BCUT2D eigenvalue weighted by atomic mass is 35.5. The molecule has 0 aliphatic rings. The Morgan fingerprint density at radius 3 is 2.32 bits per heavy atom. The summed E-state index contributed by atoms with van der Waals surface area (Å²) in [6.07, 6.45) is 0. The highest BCUT2D eigenvalue weighted by molar-refractivity contribution is 7.89. The van der Waals surface area contributed by atoms with E-state index in [0.29, 0.717) is 0 Å². The summed E-state index contributed by atoms with van der Waals surface area (Å²) in [4.78, 5) is 0.841. The molecular weight excluding hydrogens is 325 g/mol. The van der Waals surface area contributed by atoms with Crippen molar-refractivity contribution in [2.24, 2.45) is 0 Å².